The Kier molecular flexibility index (Phi) is 6.04. The van der Waals surface area contributed by atoms with Crippen molar-refractivity contribution in [2.24, 2.45) is 5.92 Å². The number of aliphatic hydroxyl groups is 1. The van der Waals surface area contributed by atoms with Gasteiger partial charge in [-0.05, 0) is 23.6 Å². The van der Waals surface area contributed by atoms with Gasteiger partial charge in [0.2, 0.25) is 5.91 Å². The Morgan fingerprint density at radius 1 is 1.32 bits per heavy atom. The maximum absolute atomic E-state index is 13.0. The van der Waals surface area contributed by atoms with Gasteiger partial charge in [0.15, 0.2) is 0 Å². The van der Waals surface area contributed by atoms with Crippen molar-refractivity contribution in [2.75, 3.05) is 6.54 Å². The van der Waals surface area contributed by atoms with Gasteiger partial charge < -0.3 is 25.4 Å². The van der Waals surface area contributed by atoms with Gasteiger partial charge in [-0.3, -0.25) is 4.79 Å². The molecule has 2 amide bonds. The topological polar surface area (TPSA) is 119 Å². The number of likely N-dealkylation sites (tertiary alicyclic amines) is 1. The van der Waals surface area contributed by atoms with Gasteiger partial charge in [0.1, 0.15) is 11.9 Å². The second kappa shape index (κ2) is 8.32. The number of aliphatic hydroxyl groups excluding tert-OH is 1. The standard InChI is InChI=1S/C19H23BrN4O4/c1-10(2)16(23-19(27)28)18(26)24-9-13(25)7-15(24)17-21-8-14(22-17)11-3-5-12(20)6-4-11/h3-6,8,10,13,15-16,23,25H,7,9H2,1-2H3,(H,21,22)(H,27,28)/t13-,15+,16+/m1/s1. The number of amides is 2. The molecule has 1 aliphatic rings. The van der Waals surface area contributed by atoms with Crippen LogP contribution in [0.3, 0.4) is 0 Å². The maximum Gasteiger partial charge on any atom is 0.405 e. The first-order valence-electron chi connectivity index (χ1n) is 9.05. The number of rotatable bonds is 5. The van der Waals surface area contributed by atoms with E-state index in [9.17, 15) is 14.7 Å². The number of aromatic nitrogens is 2. The summed E-state index contributed by atoms with van der Waals surface area (Å²) in [4.78, 5) is 33.3. The van der Waals surface area contributed by atoms with Crippen molar-refractivity contribution in [3.63, 3.8) is 0 Å². The van der Waals surface area contributed by atoms with E-state index in [1.54, 1.807) is 20.0 Å². The quantitative estimate of drug-likeness (QED) is 0.558. The number of nitrogens with zero attached hydrogens (tertiary/aromatic N) is 2. The minimum absolute atomic E-state index is 0.141. The van der Waals surface area contributed by atoms with E-state index < -0.39 is 24.3 Å². The molecular formula is C19H23BrN4O4. The third kappa shape index (κ3) is 4.36. The predicted molar refractivity (Wildman–Crippen MR) is 107 cm³/mol. The molecule has 1 saturated heterocycles. The second-order valence-corrected chi connectivity index (χ2v) is 8.17. The number of β-amino-alcohol motifs (C(OH)–C–C–N with tert-alkyl or cyclic N) is 1. The molecule has 1 aliphatic heterocycles. The zero-order valence-electron chi connectivity index (χ0n) is 15.6. The van der Waals surface area contributed by atoms with Crippen LogP contribution in [0.2, 0.25) is 0 Å². The predicted octanol–water partition coefficient (Wildman–Crippen LogP) is 2.77. The van der Waals surface area contributed by atoms with E-state index in [2.05, 4.69) is 31.2 Å². The number of halogens is 1. The molecule has 28 heavy (non-hydrogen) atoms. The molecule has 0 unspecified atom stereocenters. The lowest BCUT2D eigenvalue weighted by molar-refractivity contribution is -0.135. The Labute approximate surface area is 171 Å². The second-order valence-electron chi connectivity index (χ2n) is 7.26. The molecule has 1 aromatic heterocycles. The number of carboxylic acid groups (broad SMARTS) is 1. The molecule has 4 N–H and O–H groups in total. The molecule has 0 radical (unpaired) electrons. The molecule has 0 aliphatic carbocycles. The number of hydrogen-bond acceptors (Lipinski definition) is 4. The van der Waals surface area contributed by atoms with E-state index in [1.807, 2.05) is 24.3 Å². The monoisotopic (exact) mass is 450 g/mol. The molecule has 0 saturated carbocycles. The smallest absolute Gasteiger partial charge is 0.405 e. The van der Waals surface area contributed by atoms with Crippen molar-refractivity contribution >= 4 is 27.9 Å². The van der Waals surface area contributed by atoms with Crippen molar-refractivity contribution in [1.29, 1.82) is 0 Å². The van der Waals surface area contributed by atoms with Crippen LogP contribution in [0.1, 0.15) is 32.1 Å². The molecule has 3 rings (SSSR count). The van der Waals surface area contributed by atoms with E-state index in [4.69, 9.17) is 5.11 Å². The van der Waals surface area contributed by atoms with Crippen LogP contribution >= 0.6 is 15.9 Å². The number of imidazole rings is 1. The Bertz CT molecular complexity index is 852. The molecule has 150 valence electrons. The highest BCUT2D eigenvalue weighted by molar-refractivity contribution is 9.10. The highest BCUT2D eigenvalue weighted by Crippen LogP contribution is 2.33. The fourth-order valence-electron chi connectivity index (χ4n) is 3.42. The van der Waals surface area contributed by atoms with Crippen LogP contribution in [-0.2, 0) is 4.79 Å². The summed E-state index contributed by atoms with van der Waals surface area (Å²) in [5, 5.41) is 21.5. The summed E-state index contributed by atoms with van der Waals surface area (Å²) in [7, 11) is 0. The van der Waals surface area contributed by atoms with Crippen LogP contribution in [0.5, 0.6) is 0 Å². The van der Waals surface area contributed by atoms with Gasteiger partial charge >= 0.3 is 6.09 Å². The van der Waals surface area contributed by atoms with Gasteiger partial charge in [0, 0.05) is 17.4 Å². The number of hydrogen-bond donors (Lipinski definition) is 4. The summed E-state index contributed by atoms with van der Waals surface area (Å²) in [6.45, 7) is 3.69. The van der Waals surface area contributed by atoms with Gasteiger partial charge in [-0.1, -0.05) is 41.9 Å². The van der Waals surface area contributed by atoms with Crippen LogP contribution in [0.25, 0.3) is 11.3 Å². The molecule has 3 atom stereocenters. The van der Waals surface area contributed by atoms with Crippen molar-refractivity contribution in [3.8, 4) is 11.3 Å². The lowest BCUT2D eigenvalue weighted by atomic mass is 10.0. The number of nitrogens with one attached hydrogen (secondary N) is 2. The van der Waals surface area contributed by atoms with Gasteiger partial charge in [0.25, 0.3) is 0 Å². The van der Waals surface area contributed by atoms with Crippen molar-refractivity contribution in [1.82, 2.24) is 20.2 Å². The van der Waals surface area contributed by atoms with Crippen LogP contribution < -0.4 is 5.32 Å². The molecule has 0 bridgehead atoms. The highest BCUT2D eigenvalue weighted by atomic mass is 79.9. The number of carbonyl (C=O) groups excluding carboxylic acids is 1. The molecule has 0 spiro atoms. The van der Waals surface area contributed by atoms with Gasteiger partial charge in [-0.2, -0.15) is 0 Å². The summed E-state index contributed by atoms with van der Waals surface area (Å²) < 4.78 is 0.970. The molecule has 8 nitrogen and oxygen atoms in total. The molecular weight excluding hydrogens is 428 g/mol. The first-order chi connectivity index (χ1) is 13.3. The molecule has 2 heterocycles. The zero-order valence-corrected chi connectivity index (χ0v) is 17.2. The third-order valence-electron chi connectivity index (χ3n) is 4.84. The van der Waals surface area contributed by atoms with Gasteiger partial charge in [-0.25, -0.2) is 9.78 Å². The highest BCUT2D eigenvalue weighted by Gasteiger charge is 2.40. The minimum atomic E-state index is -1.25. The molecule has 1 fully saturated rings. The van der Waals surface area contributed by atoms with Crippen LogP contribution in [0, 0.1) is 5.92 Å². The maximum atomic E-state index is 13.0. The number of carbonyl (C=O) groups is 2. The van der Waals surface area contributed by atoms with Crippen LogP contribution in [-0.4, -0.2) is 55.8 Å². The summed E-state index contributed by atoms with van der Waals surface area (Å²) in [5.74, 6) is -0.0156. The van der Waals surface area contributed by atoms with E-state index in [1.165, 1.54) is 4.90 Å². The number of H-pyrrole nitrogens is 1. The van der Waals surface area contributed by atoms with Crippen molar-refractivity contribution < 1.29 is 19.8 Å². The Hall–Kier alpha value is -2.39. The van der Waals surface area contributed by atoms with E-state index in [-0.39, 0.29) is 18.4 Å². The average Bonchev–Trinajstić information content (AvgIpc) is 3.26. The van der Waals surface area contributed by atoms with Crippen molar-refractivity contribution in [3.05, 3.63) is 40.8 Å². The average molecular weight is 451 g/mol. The lowest BCUT2D eigenvalue weighted by Crippen LogP contribution is -2.51. The zero-order chi connectivity index (χ0) is 20.4. The summed E-state index contributed by atoms with van der Waals surface area (Å²) in [5.41, 5.74) is 1.76. The third-order valence-corrected chi connectivity index (χ3v) is 5.37. The Morgan fingerprint density at radius 2 is 2.00 bits per heavy atom. The lowest BCUT2D eigenvalue weighted by Gasteiger charge is -2.29. The van der Waals surface area contributed by atoms with E-state index in [0.717, 1.165) is 15.7 Å². The Morgan fingerprint density at radius 3 is 2.61 bits per heavy atom. The van der Waals surface area contributed by atoms with E-state index in [0.29, 0.717) is 12.2 Å². The fraction of sp³-hybridized carbons (Fsp3) is 0.421. The van der Waals surface area contributed by atoms with Crippen LogP contribution in [0.4, 0.5) is 4.79 Å². The first kappa shape index (κ1) is 20.3. The van der Waals surface area contributed by atoms with Crippen molar-refractivity contribution in [2.45, 2.75) is 38.5 Å². The molecule has 1 aromatic carbocycles. The van der Waals surface area contributed by atoms with Gasteiger partial charge in [0.05, 0.1) is 24.0 Å². The molecule has 2 aromatic rings. The fourth-order valence-corrected chi connectivity index (χ4v) is 3.69. The Balaban J connectivity index is 1.85. The minimum Gasteiger partial charge on any atom is -0.465 e. The van der Waals surface area contributed by atoms with Crippen LogP contribution in [0.15, 0.2) is 34.9 Å². The molecule has 9 heteroatoms. The normalized spacial score (nSPS) is 20.4. The largest absolute Gasteiger partial charge is 0.465 e. The SMILES string of the molecule is CC(C)[C@H](NC(=O)O)C(=O)N1C[C@H](O)C[C@H]1c1ncc(-c2ccc(Br)cc2)[nH]1. The summed E-state index contributed by atoms with van der Waals surface area (Å²) in [6, 6.07) is 6.42. The van der Waals surface area contributed by atoms with E-state index >= 15 is 0 Å². The van der Waals surface area contributed by atoms with Gasteiger partial charge in [-0.15, -0.1) is 0 Å². The first-order valence-corrected chi connectivity index (χ1v) is 9.84. The summed E-state index contributed by atoms with van der Waals surface area (Å²) >= 11 is 3.40. The number of aromatic amines is 1. The summed E-state index contributed by atoms with van der Waals surface area (Å²) in [6.07, 6.45) is 0.102. The number of benzene rings is 1.